The van der Waals surface area contributed by atoms with Crippen molar-refractivity contribution in [1.82, 2.24) is 10.6 Å². The van der Waals surface area contributed by atoms with Gasteiger partial charge in [-0.1, -0.05) is 24.1 Å². The number of benzene rings is 2. The molecule has 2 aromatic rings. The number of hydrogen-bond donors (Lipinski definition) is 3. The second-order valence-corrected chi connectivity index (χ2v) is 6.07. The molecule has 0 radical (unpaired) electrons. The van der Waals surface area contributed by atoms with Crippen LogP contribution < -0.4 is 16.0 Å². The Morgan fingerprint density at radius 2 is 2.04 bits per heavy atom. The van der Waals surface area contributed by atoms with Crippen molar-refractivity contribution in [3.8, 4) is 12.3 Å². The number of nitrogens with zero attached hydrogens (tertiary/aromatic N) is 1. The van der Waals surface area contributed by atoms with Crippen LogP contribution in [0.3, 0.4) is 0 Å². The highest BCUT2D eigenvalue weighted by molar-refractivity contribution is 14.0. The molecule has 0 aromatic heterocycles. The van der Waals surface area contributed by atoms with E-state index in [9.17, 15) is 9.18 Å². The highest BCUT2D eigenvalue weighted by atomic mass is 127. The average molecular weight is 494 g/mol. The molecule has 148 valence electrons. The van der Waals surface area contributed by atoms with Gasteiger partial charge in [-0.3, -0.25) is 9.79 Å². The maximum atomic E-state index is 13.7. The SMILES string of the molecule is C#Cc1cccc(NC(=O)CNC(=NC)NC(C)c2ccc(C)c(F)c2)c1.I. The molecular weight excluding hydrogens is 470 g/mol. The number of rotatable bonds is 5. The minimum atomic E-state index is -0.252. The van der Waals surface area contributed by atoms with E-state index in [-0.39, 0.29) is 48.3 Å². The first-order valence-electron chi connectivity index (χ1n) is 8.52. The van der Waals surface area contributed by atoms with Crippen molar-refractivity contribution in [2.45, 2.75) is 19.9 Å². The molecule has 1 atom stereocenters. The molecule has 0 saturated carbocycles. The molecule has 2 rings (SSSR count). The van der Waals surface area contributed by atoms with Crippen molar-refractivity contribution in [1.29, 1.82) is 0 Å². The molecule has 0 aliphatic rings. The van der Waals surface area contributed by atoms with Crippen LogP contribution in [0.5, 0.6) is 0 Å². The van der Waals surface area contributed by atoms with Gasteiger partial charge in [-0.25, -0.2) is 4.39 Å². The second-order valence-electron chi connectivity index (χ2n) is 6.07. The summed E-state index contributed by atoms with van der Waals surface area (Å²) in [5.41, 5.74) is 2.71. The summed E-state index contributed by atoms with van der Waals surface area (Å²) >= 11 is 0. The fourth-order valence-electron chi connectivity index (χ4n) is 2.42. The number of carbonyl (C=O) groups is 1. The summed E-state index contributed by atoms with van der Waals surface area (Å²) in [5, 5.41) is 8.84. The number of aryl methyl sites for hydroxylation is 1. The van der Waals surface area contributed by atoms with Gasteiger partial charge in [-0.2, -0.15) is 0 Å². The smallest absolute Gasteiger partial charge is 0.243 e. The van der Waals surface area contributed by atoms with Crippen molar-refractivity contribution in [2.24, 2.45) is 4.99 Å². The number of terminal acetylenes is 1. The van der Waals surface area contributed by atoms with E-state index in [4.69, 9.17) is 6.42 Å². The summed E-state index contributed by atoms with van der Waals surface area (Å²) in [5.74, 6) is 2.48. The number of anilines is 1. The van der Waals surface area contributed by atoms with Gasteiger partial charge in [0.25, 0.3) is 0 Å². The van der Waals surface area contributed by atoms with Crippen LogP contribution >= 0.6 is 24.0 Å². The van der Waals surface area contributed by atoms with E-state index in [0.717, 1.165) is 5.56 Å². The molecule has 0 aliphatic heterocycles. The largest absolute Gasteiger partial charge is 0.350 e. The van der Waals surface area contributed by atoms with Crippen LogP contribution in [0.25, 0.3) is 0 Å². The fraction of sp³-hybridized carbons (Fsp3) is 0.238. The zero-order valence-corrected chi connectivity index (χ0v) is 18.4. The third-order valence-electron chi connectivity index (χ3n) is 4.00. The summed E-state index contributed by atoms with van der Waals surface area (Å²) in [6.07, 6.45) is 5.36. The Kier molecular flexibility index (Phi) is 9.45. The minimum Gasteiger partial charge on any atom is -0.350 e. The zero-order chi connectivity index (χ0) is 19.8. The molecule has 0 heterocycles. The standard InChI is InChI=1S/C21H23FN4O.HI/c1-5-16-7-6-8-18(11-16)26-20(27)13-24-21(23-4)25-15(3)17-10-9-14(2)19(22)12-17;/h1,6-12,15H,13H2,2-4H3,(H,26,27)(H2,23,24,25);1H. The van der Waals surface area contributed by atoms with Crippen LogP contribution in [-0.2, 0) is 4.79 Å². The zero-order valence-electron chi connectivity index (χ0n) is 16.0. The normalized spacial score (nSPS) is 11.6. The molecule has 0 saturated heterocycles. The lowest BCUT2D eigenvalue weighted by Crippen LogP contribution is -2.42. The Balaban J connectivity index is 0.00000392. The molecule has 2 aromatic carbocycles. The van der Waals surface area contributed by atoms with Crippen molar-refractivity contribution in [3.05, 3.63) is 65.0 Å². The summed E-state index contributed by atoms with van der Waals surface area (Å²) in [7, 11) is 1.60. The molecule has 0 aliphatic carbocycles. The number of halogens is 2. The van der Waals surface area contributed by atoms with Crippen LogP contribution in [0.1, 0.15) is 29.7 Å². The van der Waals surface area contributed by atoms with Gasteiger partial charge in [0.2, 0.25) is 5.91 Å². The lowest BCUT2D eigenvalue weighted by molar-refractivity contribution is -0.115. The van der Waals surface area contributed by atoms with Gasteiger partial charge in [0.15, 0.2) is 5.96 Å². The van der Waals surface area contributed by atoms with Crippen LogP contribution in [0, 0.1) is 25.1 Å². The van der Waals surface area contributed by atoms with Crippen LogP contribution in [0.2, 0.25) is 0 Å². The predicted octanol–water partition coefficient (Wildman–Crippen LogP) is 3.60. The molecule has 0 bridgehead atoms. The molecule has 5 nitrogen and oxygen atoms in total. The first-order valence-corrected chi connectivity index (χ1v) is 8.52. The predicted molar refractivity (Wildman–Crippen MR) is 122 cm³/mol. The number of aliphatic imine (C=N–C) groups is 1. The van der Waals surface area contributed by atoms with E-state index in [0.29, 0.717) is 22.8 Å². The number of guanidine groups is 1. The van der Waals surface area contributed by atoms with Crippen molar-refractivity contribution in [3.63, 3.8) is 0 Å². The lowest BCUT2D eigenvalue weighted by atomic mass is 10.1. The van der Waals surface area contributed by atoms with Crippen molar-refractivity contribution in [2.75, 3.05) is 18.9 Å². The molecule has 3 N–H and O–H groups in total. The summed E-state index contributed by atoms with van der Waals surface area (Å²) in [4.78, 5) is 16.2. The molecule has 1 unspecified atom stereocenters. The van der Waals surface area contributed by atoms with Gasteiger partial charge in [0, 0.05) is 18.3 Å². The van der Waals surface area contributed by atoms with E-state index >= 15 is 0 Å². The molecule has 1 amide bonds. The second kappa shape index (κ2) is 11.3. The Hall–Kier alpha value is -2.60. The fourth-order valence-corrected chi connectivity index (χ4v) is 2.42. The highest BCUT2D eigenvalue weighted by Crippen LogP contribution is 2.16. The van der Waals surface area contributed by atoms with Gasteiger partial charge < -0.3 is 16.0 Å². The quantitative estimate of drug-likeness (QED) is 0.258. The molecule has 0 fully saturated rings. The van der Waals surface area contributed by atoms with E-state index in [2.05, 4.69) is 26.9 Å². The first-order chi connectivity index (χ1) is 12.9. The van der Waals surface area contributed by atoms with Gasteiger partial charge in [-0.05, 0) is 49.2 Å². The number of nitrogens with one attached hydrogen (secondary N) is 3. The van der Waals surface area contributed by atoms with Crippen LogP contribution in [0.4, 0.5) is 10.1 Å². The number of carbonyl (C=O) groups excluding carboxylic acids is 1. The van der Waals surface area contributed by atoms with E-state index in [1.54, 1.807) is 44.3 Å². The topological polar surface area (TPSA) is 65.5 Å². The van der Waals surface area contributed by atoms with E-state index < -0.39 is 0 Å². The Bertz CT molecular complexity index is 892. The Labute approximate surface area is 182 Å². The Morgan fingerprint density at radius 1 is 1.29 bits per heavy atom. The number of amides is 1. The maximum absolute atomic E-state index is 13.7. The first kappa shape index (κ1) is 23.4. The number of hydrogen-bond acceptors (Lipinski definition) is 2. The van der Waals surface area contributed by atoms with Crippen molar-refractivity contribution >= 4 is 41.5 Å². The van der Waals surface area contributed by atoms with Gasteiger partial charge in [0.1, 0.15) is 5.82 Å². The molecule has 7 heteroatoms. The molecular formula is C21H24FIN4O. The van der Waals surface area contributed by atoms with Gasteiger partial charge in [-0.15, -0.1) is 30.4 Å². The third-order valence-corrected chi connectivity index (χ3v) is 4.00. The van der Waals surface area contributed by atoms with Gasteiger partial charge in [0.05, 0.1) is 12.6 Å². The monoisotopic (exact) mass is 494 g/mol. The van der Waals surface area contributed by atoms with E-state index in [1.165, 1.54) is 6.07 Å². The average Bonchev–Trinajstić information content (AvgIpc) is 2.67. The highest BCUT2D eigenvalue weighted by Gasteiger charge is 2.11. The minimum absolute atomic E-state index is 0. The maximum Gasteiger partial charge on any atom is 0.243 e. The summed E-state index contributed by atoms with van der Waals surface area (Å²) in [6.45, 7) is 3.63. The Morgan fingerprint density at radius 3 is 2.68 bits per heavy atom. The summed E-state index contributed by atoms with van der Waals surface area (Å²) < 4.78 is 13.7. The van der Waals surface area contributed by atoms with Gasteiger partial charge >= 0.3 is 0 Å². The summed E-state index contributed by atoms with van der Waals surface area (Å²) in [6, 6.07) is 12.0. The lowest BCUT2D eigenvalue weighted by Gasteiger charge is -2.18. The van der Waals surface area contributed by atoms with Crippen LogP contribution in [0.15, 0.2) is 47.5 Å². The van der Waals surface area contributed by atoms with E-state index in [1.807, 2.05) is 13.0 Å². The third kappa shape index (κ3) is 6.85. The molecule has 0 spiro atoms. The van der Waals surface area contributed by atoms with Crippen LogP contribution in [-0.4, -0.2) is 25.5 Å². The van der Waals surface area contributed by atoms with Crippen molar-refractivity contribution < 1.29 is 9.18 Å². The molecule has 28 heavy (non-hydrogen) atoms.